The minimum Gasteiger partial charge on any atom is -0.473 e. The molecule has 1 fully saturated rings. The third-order valence-electron chi connectivity index (χ3n) is 6.10. The summed E-state index contributed by atoms with van der Waals surface area (Å²) >= 11 is 6.04. The van der Waals surface area contributed by atoms with Crippen molar-refractivity contribution in [2.24, 2.45) is 7.05 Å². The molecule has 1 aliphatic rings. The standard InChI is InChI=1S/C26H26ClN5O2/c1-32-25-22(24(31-32)26(33)29-20-12-14-28-15-13-20)10-11-23(30-25)34-16-18-4-2-3-5-21(18)17-6-8-19(27)9-7-17/h2-11,20,28H,12-16H2,1H3,(H,29,33). The summed E-state index contributed by atoms with van der Waals surface area (Å²) in [5.74, 6) is 0.316. The number of halogens is 1. The lowest BCUT2D eigenvalue weighted by atomic mass is 10.0. The highest BCUT2D eigenvalue weighted by molar-refractivity contribution is 6.30. The Hall–Kier alpha value is -3.42. The molecule has 174 valence electrons. The largest absolute Gasteiger partial charge is 0.473 e. The molecule has 4 aromatic rings. The molecule has 34 heavy (non-hydrogen) atoms. The number of hydrogen-bond acceptors (Lipinski definition) is 5. The first-order chi connectivity index (χ1) is 16.6. The average molecular weight is 476 g/mol. The summed E-state index contributed by atoms with van der Waals surface area (Å²) in [5, 5.41) is 12.3. The Kier molecular flexibility index (Phi) is 6.47. The molecule has 1 aliphatic heterocycles. The van der Waals surface area contributed by atoms with Crippen molar-refractivity contribution in [2.75, 3.05) is 13.1 Å². The number of amides is 1. The lowest BCUT2D eigenvalue weighted by Gasteiger charge is -2.23. The summed E-state index contributed by atoms with van der Waals surface area (Å²) in [5.41, 5.74) is 4.20. The van der Waals surface area contributed by atoms with E-state index in [4.69, 9.17) is 16.3 Å². The molecule has 0 spiro atoms. The van der Waals surface area contributed by atoms with Gasteiger partial charge < -0.3 is 15.4 Å². The van der Waals surface area contributed by atoms with E-state index in [-0.39, 0.29) is 11.9 Å². The number of benzene rings is 2. The molecule has 3 heterocycles. The highest BCUT2D eigenvalue weighted by Gasteiger charge is 2.21. The fourth-order valence-electron chi connectivity index (χ4n) is 4.29. The van der Waals surface area contributed by atoms with Crippen molar-refractivity contribution < 1.29 is 9.53 Å². The fourth-order valence-corrected chi connectivity index (χ4v) is 4.42. The highest BCUT2D eigenvalue weighted by atomic mass is 35.5. The average Bonchev–Trinajstić information content (AvgIpc) is 3.20. The maximum absolute atomic E-state index is 12.9. The molecule has 2 N–H and O–H groups in total. The van der Waals surface area contributed by atoms with Crippen LogP contribution in [0, 0.1) is 0 Å². The zero-order valence-corrected chi connectivity index (χ0v) is 19.7. The molecule has 1 amide bonds. The second-order valence-corrected chi connectivity index (χ2v) is 8.88. The van der Waals surface area contributed by atoms with Crippen LogP contribution in [0.1, 0.15) is 28.9 Å². The first-order valence-electron chi connectivity index (χ1n) is 11.4. The third-order valence-corrected chi connectivity index (χ3v) is 6.35. The number of carbonyl (C=O) groups is 1. The molecule has 0 aliphatic carbocycles. The molecular formula is C26H26ClN5O2. The van der Waals surface area contributed by atoms with E-state index in [0.29, 0.717) is 34.2 Å². The second kappa shape index (κ2) is 9.83. The van der Waals surface area contributed by atoms with Crippen molar-refractivity contribution >= 4 is 28.5 Å². The minimum absolute atomic E-state index is 0.162. The molecule has 0 bridgehead atoms. The first kappa shape index (κ1) is 22.4. The van der Waals surface area contributed by atoms with E-state index in [0.717, 1.165) is 42.6 Å². The highest BCUT2D eigenvalue weighted by Crippen LogP contribution is 2.27. The number of nitrogens with one attached hydrogen (secondary N) is 2. The Balaban J connectivity index is 1.34. The zero-order chi connectivity index (χ0) is 23.5. The van der Waals surface area contributed by atoms with Crippen LogP contribution in [0.5, 0.6) is 5.88 Å². The quantitative estimate of drug-likeness (QED) is 0.433. The van der Waals surface area contributed by atoms with E-state index in [9.17, 15) is 4.79 Å². The summed E-state index contributed by atoms with van der Waals surface area (Å²) in [7, 11) is 1.79. The molecule has 0 saturated carbocycles. The molecule has 0 unspecified atom stereocenters. The lowest BCUT2D eigenvalue weighted by Crippen LogP contribution is -2.42. The van der Waals surface area contributed by atoms with Crippen LogP contribution in [0.3, 0.4) is 0 Å². The van der Waals surface area contributed by atoms with Gasteiger partial charge in [-0.3, -0.25) is 4.79 Å². The third kappa shape index (κ3) is 4.76. The van der Waals surface area contributed by atoms with Gasteiger partial charge in [-0.05, 0) is 60.8 Å². The van der Waals surface area contributed by atoms with E-state index in [1.54, 1.807) is 17.8 Å². The van der Waals surface area contributed by atoms with Crippen LogP contribution in [0.15, 0.2) is 60.7 Å². The summed E-state index contributed by atoms with van der Waals surface area (Å²) in [6, 6.07) is 19.7. The molecular weight excluding hydrogens is 450 g/mol. The number of aromatic nitrogens is 3. The fraction of sp³-hybridized carbons (Fsp3) is 0.269. The predicted octanol–water partition coefficient (Wildman–Crippen LogP) is 4.35. The monoisotopic (exact) mass is 475 g/mol. The van der Waals surface area contributed by atoms with Gasteiger partial charge in [-0.1, -0.05) is 48.0 Å². The van der Waals surface area contributed by atoms with Gasteiger partial charge in [-0.15, -0.1) is 0 Å². The van der Waals surface area contributed by atoms with Gasteiger partial charge in [-0.25, -0.2) is 4.68 Å². The zero-order valence-electron chi connectivity index (χ0n) is 18.9. The smallest absolute Gasteiger partial charge is 0.272 e. The van der Waals surface area contributed by atoms with Gasteiger partial charge in [0.25, 0.3) is 5.91 Å². The van der Waals surface area contributed by atoms with Crippen LogP contribution in [0.4, 0.5) is 0 Å². The van der Waals surface area contributed by atoms with Gasteiger partial charge in [0.1, 0.15) is 6.61 Å². The maximum Gasteiger partial charge on any atom is 0.272 e. The van der Waals surface area contributed by atoms with E-state index in [1.165, 1.54) is 0 Å². The topological polar surface area (TPSA) is 81.1 Å². The summed E-state index contributed by atoms with van der Waals surface area (Å²) in [6.45, 7) is 2.19. The van der Waals surface area contributed by atoms with Gasteiger partial charge in [0.15, 0.2) is 11.3 Å². The molecule has 0 atom stereocenters. The van der Waals surface area contributed by atoms with Gasteiger partial charge >= 0.3 is 0 Å². The van der Waals surface area contributed by atoms with Gasteiger partial charge in [0.05, 0.1) is 5.39 Å². The number of fused-ring (bicyclic) bond motifs is 1. The maximum atomic E-state index is 12.9. The van der Waals surface area contributed by atoms with Gasteiger partial charge in [-0.2, -0.15) is 10.1 Å². The Labute approximate surface area is 203 Å². The Morgan fingerprint density at radius 2 is 1.88 bits per heavy atom. The van der Waals surface area contributed by atoms with Crippen molar-refractivity contribution in [3.05, 3.63) is 76.9 Å². The van der Waals surface area contributed by atoms with Crippen LogP contribution in [-0.2, 0) is 13.7 Å². The molecule has 1 saturated heterocycles. The van der Waals surface area contributed by atoms with E-state index < -0.39 is 0 Å². The number of piperidine rings is 1. The summed E-state index contributed by atoms with van der Waals surface area (Å²) in [6.07, 6.45) is 1.84. The number of ether oxygens (including phenoxy) is 1. The number of hydrogen-bond donors (Lipinski definition) is 2. The minimum atomic E-state index is -0.162. The number of nitrogens with zero attached hydrogens (tertiary/aromatic N) is 3. The van der Waals surface area contributed by atoms with E-state index in [1.807, 2.05) is 48.5 Å². The Morgan fingerprint density at radius 3 is 2.68 bits per heavy atom. The SMILES string of the molecule is Cn1nc(C(=O)NC2CCNCC2)c2ccc(OCc3ccccc3-c3ccc(Cl)cc3)nc21. The van der Waals surface area contributed by atoms with E-state index >= 15 is 0 Å². The van der Waals surface area contributed by atoms with Crippen molar-refractivity contribution in [3.63, 3.8) is 0 Å². The van der Waals surface area contributed by atoms with Crippen LogP contribution >= 0.6 is 11.6 Å². The van der Waals surface area contributed by atoms with Gasteiger partial charge in [0.2, 0.25) is 5.88 Å². The Bertz CT molecular complexity index is 1310. The number of pyridine rings is 1. The van der Waals surface area contributed by atoms with Crippen LogP contribution in [0.2, 0.25) is 5.02 Å². The predicted molar refractivity (Wildman–Crippen MR) is 133 cm³/mol. The normalized spacial score (nSPS) is 14.3. The summed E-state index contributed by atoms with van der Waals surface area (Å²) < 4.78 is 7.67. The van der Waals surface area contributed by atoms with Crippen LogP contribution in [-0.4, -0.2) is 39.8 Å². The van der Waals surface area contributed by atoms with Crippen molar-refractivity contribution in [1.82, 2.24) is 25.4 Å². The van der Waals surface area contributed by atoms with E-state index in [2.05, 4.69) is 26.8 Å². The van der Waals surface area contributed by atoms with Crippen molar-refractivity contribution in [1.29, 1.82) is 0 Å². The van der Waals surface area contributed by atoms with Crippen molar-refractivity contribution in [2.45, 2.75) is 25.5 Å². The van der Waals surface area contributed by atoms with Crippen LogP contribution < -0.4 is 15.4 Å². The number of carbonyl (C=O) groups excluding carboxylic acids is 1. The van der Waals surface area contributed by atoms with Crippen molar-refractivity contribution in [3.8, 4) is 17.0 Å². The number of rotatable bonds is 6. The van der Waals surface area contributed by atoms with Gasteiger partial charge in [0, 0.05) is 24.2 Å². The summed E-state index contributed by atoms with van der Waals surface area (Å²) in [4.78, 5) is 17.5. The van der Waals surface area contributed by atoms with Crippen LogP contribution in [0.25, 0.3) is 22.2 Å². The molecule has 7 nitrogen and oxygen atoms in total. The second-order valence-electron chi connectivity index (χ2n) is 8.44. The Morgan fingerprint density at radius 1 is 1.12 bits per heavy atom. The molecule has 2 aromatic carbocycles. The molecule has 8 heteroatoms. The molecule has 0 radical (unpaired) electrons. The molecule has 5 rings (SSSR count). The number of aryl methyl sites for hydroxylation is 1. The first-order valence-corrected chi connectivity index (χ1v) is 11.8. The lowest BCUT2D eigenvalue weighted by molar-refractivity contribution is 0.0925. The molecule has 2 aromatic heterocycles.